The number of phenolic OH excluding ortho intramolecular Hbond substituents is 1. The van der Waals surface area contributed by atoms with Crippen LogP contribution >= 0.6 is 11.6 Å². The van der Waals surface area contributed by atoms with Crippen LogP contribution in [0, 0.1) is 11.2 Å². The molecule has 0 aliphatic rings. The quantitative estimate of drug-likeness (QED) is 0.415. The summed E-state index contributed by atoms with van der Waals surface area (Å²) < 4.78 is 23.7. The van der Waals surface area contributed by atoms with Crippen LogP contribution in [-0.4, -0.2) is 24.3 Å². The second kappa shape index (κ2) is 10.5. The molecule has 0 heterocycles. The van der Waals surface area contributed by atoms with Crippen LogP contribution in [0.1, 0.15) is 44.7 Å². The van der Waals surface area contributed by atoms with E-state index in [1.807, 2.05) is 20.8 Å². The maximum absolute atomic E-state index is 12.9. The SMILES string of the molecule is CC(C)(C)C(=O)OCCCc1cc(Cl)cc(CCCOc2ccc(F)cc2)c1O. The van der Waals surface area contributed by atoms with E-state index in [2.05, 4.69) is 0 Å². The fourth-order valence-corrected chi connectivity index (χ4v) is 2.99. The van der Waals surface area contributed by atoms with Gasteiger partial charge in [0.15, 0.2) is 0 Å². The number of aryl methyl sites for hydroxylation is 2. The van der Waals surface area contributed by atoms with Crippen molar-refractivity contribution in [2.24, 2.45) is 5.41 Å². The molecule has 158 valence electrons. The Balaban J connectivity index is 1.84. The van der Waals surface area contributed by atoms with Gasteiger partial charge in [0.05, 0.1) is 18.6 Å². The van der Waals surface area contributed by atoms with Crippen LogP contribution in [0.3, 0.4) is 0 Å². The molecule has 0 bridgehead atoms. The zero-order valence-corrected chi connectivity index (χ0v) is 17.9. The monoisotopic (exact) mass is 422 g/mol. The van der Waals surface area contributed by atoms with Crippen LogP contribution < -0.4 is 4.74 Å². The molecule has 0 saturated carbocycles. The topological polar surface area (TPSA) is 55.8 Å². The molecule has 2 aromatic carbocycles. The lowest BCUT2D eigenvalue weighted by Gasteiger charge is -2.16. The number of carbonyl (C=O) groups excluding carboxylic acids is 1. The fraction of sp³-hybridized carbons (Fsp3) is 0.435. The van der Waals surface area contributed by atoms with Crippen molar-refractivity contribution >= 4 is 17.6 Å². The number of aromatic hydroxyl groups is 1. The van der Waals surface area contributed by atoms with Gasteiger partial charge in [0, 0.05) is 5.02 Å². The minimum atomic E-state index is -0.526. The van der Waals surface area contributed by atoms with E-state index in [0.29, 0.717) is 49.7 Å². The largest absolute Gasteiger partial charge is 0.507 e. The number of rotatable bonds is 9. The second-order valence-corrected chi connectivity index (χ2v) is 8.40. The highest BCUT2D eigenvalue weighted by Gasteiger charge is 2.22. The van der Waals surface area contributed by atoms with Crippen LogP contribution in [-0.2, 0) is 22.4 Å². The van der Waals surface area contributed by atoms with Gasteiger partial charge in [0.2, 0.25) is 0 Å². The lowest BCUT2D eigenvalue weighted by atomic mass is 9.97. The standard InChI is InChI=1S/C23H28ClFO4/c1-23(2,3)22(27)29-13-5-7-17-15-18(24)14-16(21(17)26)6-4-12-28-20-10-8-19(25)9-11-20/h8-11,14-15,26H,4-7,12-13H2,1-3H3. The van der Waals surface area contributed by atoms with Crippen molar-refractivity contribution in [1.29, 1.82) is 0 Å². The Morgan fingerprint density at radius 2 is 1.59 bits per heavy atom. The molecule has 0 radical (unpaired) electrons. The number of hydrogen-bond acceptors (Lipinski definition) is 4. The molecule has 0 fully saturated rings. The Morgan fingerprint density at radius 1 is 1.03 bits per heavy atom. The van der Waals surface area contributed by atoms with Crippen LogP contribution in [0.5, 0.6) is 11.5 Å². The first-order valence-electron chi connectivity index (χ1n) is 9.72. The molecule has 29 heavy (non-hydrogen) atoms. The van der Waals surface area contributed by atoms with Gasteiger partial charge in [0.1, 0.15) is 17.3 Å². The molecule has 6 heteroatoms. The van der Waals surface area contributed by atoms with Crippen molar-refractivity contribution < 1.29 is 23.8 Å². The molecular formula is C23H28ClFO4. The van der Waals surface area contributed by atoms with Gasteiger partial charge in [-0.15, -0.1) is 0 Å². The Morgan fingerprint density at radius 3 is 2.14 bits per heavy atom. The minimum absolute atomic E-state index is 0.221. The molecule has 4 nitrogen and oxygen atoms in total. The van der Waals surface area contributed by atoms with Crippen molar-refractivity contribution in [3.63, 3.8) is 0 Å². The molecule has 0 unspecified atom stereocenters. The van der Waals surface area contributed by atoms with E-state index in [-0.39, 0.29) is 17.5 Å². The average molecular weight is 423 g/mol. The van der Waals surface area contributed by atoms with Gasteiger partial charge in [0.25, 0.3) is 0 Å². The number of carbonyl (C=O) groups is 1. The molecule has 0 saturated heterocycles. The van der Waals surface area contributed by atoms with Crippen LogP contribution in [0.2, 0.25) is 5.02 Å². The van der Waals surface area contributed by atoms with E-state index < -0.39 is 5.41 Å². The second-order valence-electron chi connectivity index (χ2n) is 7.97. The summed E-state index contributed by atoms with van der Waals surface area (Å²) in [5.74, 6) is 0.280. The summed E-state index contributed by atoms with van der Waals surface area (Å²) in [7, 11) is 0. The molecule has 2 aromatic rings. The summed E-state index contributed by atoms with van der Waals surface area (Å²) in [4.78, 5) is 11.8. The molecule has 0 atom stereocenters. The Labute approximate surface area is 176 Å². The van der Waals surface area contributed by atoms with Gasteiger partial charge in [-0.3, -0.25) is 4.79 Å². The third-order valence-corrected chi connectivity index (χ3v) is 4.56. The highest BCUT2D eigenvalue weighted by atomic mass is 35.5. The van der Waals surface area contributed by atoms with E-state index in [4.69, 9.17) is 21.1 Å². The number of hydrogen-bond donors (Lipinski definition) is 1. The fourth-order valence-electron chi connectivity index (χ4n) is 2.73. The van der Waals surface area contributed by atoms with E-state index in [1.54, 1.807) is 24.3 Å². The summed E-state index contributed by atoms with van der Waals surface area (Å²) in [5, 5.41) is 11.1. The molecule has 0 spiro atoms. The first kappa shape index (κ1) is 23.0. The smallest absolute Gasteiger partial charge is 0.311 e. The van der Waals surface area contributed by atoms with Gasteiger partial charge in [-0.2, -0.15) is 0 Å². The molecular weight excluding hydrogens is 395 g/mol. The predicted octanol–water partition coefficient (Wildman–Crippen LogP) is 5.72. The third kappa shape index (κ3) is 7.58. The van der Waals surface area contributed by atoms with Gasteiger partial charge >= 0.3 is 5.97 Å². The molecule has 0 amide bonds. The minimum Gasteiger partial charge on any atom is -0.507 e. The Kier molecular flexibility index (Phi) is 8.32. The van der Waals surface area contributed by atoms with Crippen molar-refractivity contribution in [1.82, 2.24) is 0 Å². The van der Waals surface area contributed by atoms with Crippen molar-refractivity contribution in [2.45, 2.75) is 46.5 Å². The summed E-state index contributed by atoms with van der Waals surface area (Å²) in [6, 6.07) is 9.35. The highest BCUT2D eigenvalue weighted by Crippen LogP contribution is 2.29. The van der Waals surface area contributed by atoms with Crippen molar-refractivity contribution in [3.8, 4) is 11.5 Å². The number of ether oxygens (including phenoxy) is 2. The van der Waals surface area contributed by atoms with E-state index >= 15 is 0 Å². The first-order valence-corrected chi connectivity index (χ1v) is 10.1. The van der Waals surface area contributed by atoms with Gasteiger partial charge in [-0.1, -0.05) is 11.6 Å². The van der Waals surface area contributed by atoms with Crippen LogP contribution in [0.4, 0.5) is 4.39 Å². The van der Waals surface area contributed by atoms with Crippen molar-refractivity contribution in [3.05, 3.63) is 58.4 Å². The summed E-state index contributed by atoms with van der Waals surface area (Å²) in [5.41, 5.74) is 0.960. The van der Waals surface area contributed by atoms with E-state index in [9.17, 15) is 14.3 Å². The van der Waals surface area contributed by atoms with Gasteiger partial charge < -0.3 is 14.6 Å². The molecule has 1 N–H and O–H groups in total. The van der Waals surface area contributed by atoms with Gasteiger partial charge in [-0.25, -0.2) is 4.39 Å². The zero-order valence-electron chi connectivity index (χ0n) is 17.1. The summed E-state index contributed by atoms with van der Waals surface area (Å²) in [6.07, 6.45) is 2.43. The lowest BCUT2D eigenvalue weighted by molar-refractivity contribution is -0.153. The Hall–Kier alpha value is -2.27. The van der Waals surface area contributed by atoms with E-state index in [0.717, 1.165) is 11.1 Å². The summed E-state index contributed by atoms with van der Waals surface area (Å²) in [6.45, 7) is 6.16. The maximum Gasteiger partial charge on any atom is 0.311 e. The molecule has 2 rings (SSSR count). The summed E-state index contributed by atoms with van der Waals surface area (Å²) >= 11 is 6.21. The lowest BCUT2D eigenvalue weighted by Crippen LogP contribution is -2.23. The zero-order chi connectivity index (χ0) is 21.4. The number of esters is 1. The number of halogens is 2. The molecule has 0 aliphatic heterocycles. The average Bonchev–Trinajstić information content (AvgIpc) is 2.65. The van der Waals surface area contributed by atoms with Gasteiger partial charge in [-0.05, 0) is 94.0 Å². The molecule has 0 aromatic heterocycles. The number of phenols is 1. The Bertz CT molecular complexity index is 813. The van der Waals surface area contributed by atoms with E-state index in [1.165, 1.54) is 12.1 Å². The predicted molar refractivity (Wildman–Crippen MR) is 112 cm³/mol. The normalized spacial score (nSPS) is 11.3. The maximum atomic E-state index is 12.9. The van der Waals surface area contributed by atoms with Crippen molar-refractivity contribution in [2.75, 3.05) is 13.2 Å². The van der Waals surface area contributed by atoms with Crippen LogP contribution in [0.15, 0.2) is 36.4 Å². The highest BCUT2D eigenvalue weighted by molar-refractivity contribution is 6.30. The third-order valence-electron chi connectivity index (χ3n) is 4.34. The molecule has 0 aliphatic carbocycles. The number of benzene rings is 2. The first-order chi connectivity index (χ1) is 13.7. The van der Waals surface area contributed by atoms with Crippen LogP contribution in [0.25, 0.3) is 0 Å².